The number of rotatable bonds is 0. The van der Waals surface area contributed by atoms with E-state index in [1.807, 2.05) is 47.0 Å². The zero-order valence-corrected chi connectivity index (χ0v) is 10.4. The quantitative estimate of drug-likeness (QED) is 0.618. The third-order valence-corrected chi connectivity index (χ3v) is 4.51. The Morgan fingerprint density at radius 3 is 2.78 bits per heavy atom. The molecule has 0 amide bonds. The van der Waals surface area contributed by atoms with E-state index < -0.39 is 10.8 Å². The lowest BCUT2D eigenvalue weighted by Gasteiger charge is -2.18. The first-order valence-electron chi connectivity index (χ1n) is 5.79. The van der Waals surface area contributed by atoms with Crippen LogP contribution < -0.4 is 0 Å². The fourth-order valence-electron chi connectivity index (χ4n) is 2.45. The van der Waals surface area contributed by atoms with E-state index in [0.29, 0.717) is 10.9 Å². The van der Waals surface area contributed by atoms with E-state index in [1.54, 1.807) is 0 Å². The number of hydrogen-bond donors (Lipinski definition) is 0. The molecule has 0 fully saturated rings. The first kappa shape index (κ1) is 10.0. The van der Waals surface area contributed by atoms with Gasteiger partial charge in [0, 0.05) is 0 Å². The van der Waals surface area contributed by atoms with Gasteiger partial charge < -0.3 is 0 Å². The van der Waals surface area contributed by atoms with Gasteiger partial charge in [0.25, 0.3) is 0 Å². The average molecular weight is 254 g/mol. The van der Waals surface area contributed by atoms with E-state index in [1.165, 1.54) is 0 Å². The topological polar surface area (TPSA) is 34.9 Å². The van der Waals surface area contributed by atoms with Gasteiger partial charge in [0.05, 0.1) is 33.3 Å². The van der Waals surface area contributed by atoms with Crippen molar-refractivity contribution >= 4 is 21.8 Å². The van der Waals surface area contributed by atoms with Gasteiger partial charge in [-0.1, -0.05) is 30.3 Å². The highest BCUT2D eigenvalue weighted by atomic mass is 32.2. The Hall–Kier alpha value is -1.94. The molecule has 1 atom stereocenters. The summed E-state index contributed by atoms with van der Waals surface area (Å²) in [6, 6.07) is 16.0. The fraction of sp³-hybridized carbons (Fsp3) is 0.0714. The standard InChI is InChI=1S/C14H10N2OS/c17-18-9-10-5-1-3-7-12(10)16-13-8-4-2-6-11(13)15-14(16)18/h1-8H,9H2. The zero-order valence-electron chi connectivity index (χ0n) is 9.54. The van der Waals surface area contributed by atoms with Crippen LogP contribution in [0.5, 0.6) is 0 Å². The number of imidazole rings is 1. The van der Waals surface area contributed by atoms with Crippen LogP contribution in [-0.2, 0) is 16.6 Å². The van der Waals surface area contributed by atoms with Gasteiger partial charge in [-0.15, -0.1) is 0 Å². The third-order valence-electron chi connectivity index (χ3n) is 3.25. The van der Waals surface area contributed by atoms with Crippen LogP contribution in [0.3, 0.4) is 0 Å². The molecule has 88 valence electrons. The van der Waals surface area contributed by atoms with Crippen LogP contribution in [0.2, 0.25) is 0 Å². The molecule has 0 N–H and O–H groups in total. The number of benzene rings is 2. The number of hydrogen-bond acceptors (Lipinski definition) is 2. The Morgan fingerprint density at radius 1 is 1.06 bits per heavy atom. The third kappa shape index (κ3) is 1.24. The summed E-state index contributed by atoms with van der Waals surface area (Å²) in [5.74, 6) is 0.555. The monoisotopic (exact) mass is 254 g/mol. The van der Waals surface area contributed by atoms with Crippen LogP contribution in [0.25, 0.3) is 16.7 Å². The van der Waals surface area contributed by atoms with Gasteiger partial charge in [-0.05, 0) is 23.8 Å². The summed E-state index contributed by atoms with van der Waals surface area (Å²) in [4.78, 5) is 4.50. The SMILES string of the molecule is O=S1Cc2ccccc2-n2c1nc1ccccc12. The molecule has 4 heteroatoms. The summed E-state index contributed by atoms with van der Waals surface area (Å²) in [6.45, 7) is 0. The molecule has 2 heterocycles. The van der Waals surface area contributed by atoms with Gasteiger partial charge in [-0.2, -0.15) is 0 Å². The van der Waals surface area contributed by atoms with Crippen molar-refractivity contribution < 1.29 is 4.21 Å². The molecule has 0 saturated carbocycles. The molecule has 1 aliphatic heterocycles. The predicted octanol–water partition coefficient (Wildman–Crippen LogP) is 2.65. The first-order valence-corrected chi connectivity index (χ1v) is 7.10. The maximum atomic E-state index is 12.2. The number of para-hydroxylation sites is 3. The molecule has 1 aliphatic rings. The minimum Gasteiger partial charge on any atom is -0.285 e. The minimum absolute atomic E-state index is 0.555. The summed E-state index contributed by atoms with van der Waals surface area (Å²) >= 11 is 0. The predicted molar refractivity (Wildman–Crippen MR) is 71.2 cm³/mol. The van der Waals surface area contributed by atoms with Gasteiger partial charge in [-0.3, -0.25) is 8.78 Å². The fourth-order valence-corrected chi connectivity index (χ4v) is 3.70. The van der Waals surface area contributed by atoms with Crippen molar-refractivity contribution in [1.82, 2.24) is 9.55 Å². The van der Waals surface area contributed by atoms with Crippen LogP contribution in [0, 0.1) is 0 Å². The van der Waals surface area contributed by atoms with E-state index in [0.717, 1.165) is 22.3 Å². The van der Waals surface area contributed by atoms with E-state index in [2.05, 4.69) is 11.1 Å². The molecule has 0 aliphatic carbocycles. The highest BCUT2D eigenvalue weighted by Gasteiger charge is 2.24. The molecule has 4 rings (SSSR count). The van der Waals surface area contributed by atoms with E-state index in [4.69, 9.17) is 0 Å². The second kappa shape index (κ2) is 3.53. The molecule has 0 saturated heterocycles. The molecular formula is C14H10N2OS. The molecule has 1 unspecified atom stereocenters. The van der Waals surface area contributed by atoms with E-state index >= 15 is 0 Å². The van der Waals surface area contributed by atoms with Gasteiger partial charge in [0.2, 0.25) is 5.16 Å². The lowest BCUT2D eigenvalue weighted by Crippen LogP contribution is -2.14. The molecule has 3 aromatic rings. The highest BCUT2D eigenvalue weighted by Crippen LogP contribution is 2.31. The van der Waals surface area contributed by atoms with Crippen molar-refractivity contribution in [3.8, 4) is 5.69 Å². The van der Waals surface area contributed by atoms with Crippen LogP contribution in [0.15, 0.2) is 53.7 Å². The van der Waals surface area contributed by atoms with Crippen LogP contribution in [0.4, 0.5) is 0 Å². The van der Waals surface area contributed by atoms with Gasteiger partial charge in [-0.25, -0.2) is 4.98 Å². The summed E-state index contributed by atoms with van der Waals surface area (Å²) < 4.78 is 14.3. The minimum atomic E-state index is -1.06. The molecule has 0 radical (unpaired) electrons. The Balaban J connectivity index is 2.18. The first-order chi connectivity index (χ1) is 8.84. The molecule has 0 spiro atoms. The van der Waals surface area contributed by atoms with E-state index in [9.17, 15) is 4.21 Å². The second-order valence-electron chi connectivity index (χ2n) is 4.34. The largest absolute Gasteiger partial charge is 0.285 e. The van der Waals surface area contributed by atoms with Gasteiger partial charge >= 0.3 is 0 Å². The summed E-state index contributed by atoms with van der Waals surface area (Å²) in [5, 5.41) is 0.662. The van der Waals surface area contributed by atoms with Crippen molar-refractivity contribution in [2.24, 2.45) is 0 Å². The number of fused-ring (bicyclic) bond motifs is 5. The molecule has 0 bridgehead atoms. The Bertz CT molecular complexity index is 791. The van der Waals surface area contributed by atoms with Crippen molar-refractivity contribution in [3.63, 3.8) is 0 Å². The molecule has 2 aromatic carbocycles. The maximum absolute atomic E-state index is 12.2. The van der Waals surface area contributed by atoms with Gasteiger partial charge in [0.15, 0.2) is 0 Å². The lowest BCUT2D eigenvalue weighted by molar-refractivity contribution is 0.669. The summed E-state index contributed by atoms with van der Waals surface area (Å²) in [6.07, 6.45) is 0. The van der Waals surface area contributed by atoms with Crippen LogP contribution in [0.1, 0.15) is 5.56 Å². The molecule has 18 heavy (non-hydrogen) atoms. The van der Waals surface area contributed by atoms with Crippen molar-refractivity contribution in [2.45, 2.75) is 10.9 Å². The Labute approximate surface area is 107 Å². The van der Waals surface area contributed by atoms with Gasteiger partial charge in [0.1, 0.15) is 0 Å². The summed E-state index contributed by atoms with van der Waals surface area (Å²) in [5.41, 5.74) is 4.14. The molecule has 3 nitrogen and oxygen atoms in total. The highest BCUT2D eigenvalue weighted by molar-refractivity contribution is 7.84. The van der Waals surface area contributed by atoms with Crippen molar-refractivity contribution in [2.75, 3.05) is 0 Å². The second-order valence-corrected chi connectivity index (χ2v) is 5.68. The van der Waals surface area contributed by atoms with Crippen molar-refractivity contribution in [1.29, 1.82) is 0 Å². The van der Waals surface area contributed by atoms with Crippen LogP contribution >= 0.6 is 0 Å². The Kier molecular flexibility index (Phi) is 1.96. The van der Waals surface area contributed by atoms with Crippen molar-refractivity contribution in [3.05, 3.63) is 54.1 Å². The van der Waals surface area contributed by atoms with Crippen LogP contribution in [-0.4, -0.2) is 13.8 Å². The number of aromatic nitrogens is 2. The average Bonchev–Trinajstić information content (AvgIpc) is 2.79. The number of nitrogens with zero attached hydrogens (tertiary/aromatic N) is 2. The maximum Gasteiger partial charge on any atom is 0.205 e. The zero-order chi connectivity index (χ0) is 12.1. The normalized spacial score (nSPS) is 17.4. The van der Waals surface area contributed by atoms with E-state index in [-0.39, 0.29) is 0 Å². The molecule has 1 aromatic heterocycles. The molecular weight excluding hydrogens is 244 g/mol. The smallest absolute Gasteiger partial charge is 0.205 e. The lowest BCUT2D eigenvalue weighted by atomic mass is 10.2. The Morgan fingerprint density at radius 2 is 1.83 bits per heavy atom. The summed E-state index contributed by atoms with van der Waals surface area (Å²) in [7, 11) is -1.06.